The molecule has 0 aliphatic rings. The number of rotatable bonds is 6. The van der Waals surface area contributed by atoms with Crippen molar-refractivity contribution in [2.24, 2.45) is 0 Å². The molecular formula is C28H26O4P2. The number of hydrogen-bond acceptors (Lipinski definition) is 2. The molecular weight excluding hydrogens is 462 g/mol. The molecule has 0 fully saturated rings. The van der Waals surface area contributed by atoms with Crippen molar-refractivity contribution in [3.05, 3.63) is 133 Å². The minimum Gasteiger partial charge on any atom is -0.478 e. The fourth-order valence-corrected chi connectivity index (χ4v) is 4.66. The van der Waals surface area contributed by atoms with E-state index in [-0.39, 0.29) is 0 Å². The van der Waals surface area contributed by atoms with Gasteiger partial charge in [-0.15, -0.1) is 0 Å². The van der Waals surface area contributed by atoms with Crippen molar-refractivity contribution in [3.8, 4) is 0 Å². The first kappa shape index (κ1) is 26.7. The van der Waals surface area contributed by atoms with Crippen LogP contribution in [0.25, 0.3) is 0 Å². The summed E-state index contributed by atoms with van der Waals surface area (Å²) in [6.45, 7) is 0. The van der Waals surface area contributed by atoms with E-state index >= 15 is 0 Å². The van der Waals surface area contributed by atoms with Gasteiger partial charge in [0, 0.05) is 12.2 Å². The molecule has 0 unspecified atom stereocenters. The minimum atomic E-state index is -1.26. The Morgan fingerprint density at radius 3 is 0.824 bits per heavy atom. The second-order valence-electron chi connectivity index (χ2n) is 6.72. The lowest BCUT2D eigenvalue weighted by molar-refractivity contribution is -0.134. The third-order valence-corrected chi connectivity index (χ3v) is 6.53. The summed E-state index contributed by atoms with van der Waals surface area (Å²) in [6, 6.07) is 42.3. The zero-order chi connectivity index (χ0) is 24.4. The van der Waals surface area contributed by atoms with Gasteiger partial charge in [0.1, 0.15) is 0 Å². The Morgan fingerprint density at radius 1 is 0.441 bits per heavy atom. The zero-order valence-electron chi connectivity index (χ0n) is 18.4. The van der Waals surface area contributed by atoms with Crippen molar-refractivity contribution < 1.29 is 19.8 Å². The van der Waals surface area contributed by atoms with Gasteiger partial charge >= 0.3 is 11.9 Å². The van der Waals surface area contributed by atoms with Gasteiger partial charge in [-0.2, -0.15) is 0 Å². The van der Waals surface area contributed by atoms with Crippen LogP contribution in [0, 0.1) is 0 Å². The molecule has 0 bridgehead atoms. The molecule has 0 heterocycles. The third kappa shape index (κ3) is 12.5. The normalized spacial score (nSPS) is 9.76. The van der Waals surface area contributed by atoms with Gasteiger partial charge in [0.25, 0.3) is 0 Å². The number of benzene rings is 4. The summed E-state index contributed by atoms with van der Waals surface area (Å²) in [6.07, 6.45) is 1.12. The van der Waals surface area contributed by atoms with Gasteiger partial charge in [0.2, 0.25) is 0 Å². The fraction of sp³-hybridized carbons (Fsp3) is 0. The molecule has 4 aromatic rings. The van der Waals surface area contributed by atoms with Crippen LogP contribution in [0.2, 0.25) is 0 Å². The van der Waals surface area contributed by atoms with Crippen LogP contribution in [0.1, 0.15) is 0 Å². The lowest BCUT2D eigenvalue weighted by Crippen LogP contribution is -2.01. The van der Waals surface area contributed by atoms with Gasteiger partial charge in [-0.1, -0.05) is 138 Å². The standard InChI is InChI=1S/2C12H11P.C4H4O4/c2*1-3-7-11(8-4-1)13-12-9-5-2-6-10-12;5-3(6)1-2-4(7)8/h2*1-10,13H;1-2H,(H,5,6)(H,7,8)/b;;2-1-. The lowest BCUT2D eigenvalue weighted by Gasteiger charge is -2.00. The molecule has 4 aromatic carbocycles. The number of aliphatic carboxylic acids is 2. The van der Waals surface area contributed by atoms with Crippen molar-refractivity contribution in [1.82, 2.24) is 0 Å². The Labute approximate surface area is 203 Å². The van der Waals surface area contributed by atoms with E-state index in [0.29, 0.717) is 12.2 Å². The van der Waals surface area contributed by atoms with E-state index in [9.17, 15) is 9.59 Å². The summed E-state index contributed by atoms with van der Waals surface area (Å²) in [7, 11) is 1.55. The number of carboxylic acid groups (broad SMARTS) is 2. The zero-order valence-corrected chi connectivity index (χ0v) is 20.4. The van der Waals surface area contributed by atoms with E-state index in [0.717, 1.165) is 17.2 Å². The number of carbonyl (C=O) groups is 2. The maximum atomic E-state index is 9.55. The summed E-state index contributed by atoms with van der Waals surface area (Å²) in [5.74, 6) is -2.51. The Balaban J connectivity index is 0.000000187. The molecule has 34 heavy (non-hydrogen) atoms. The van der Waals surface area contributed by atoms with Crippen LogP contribution in [0.5, 0.6) is 0 Å². The molecule has 2 N–H and O–H groups in total. The van der Waals surface area contributed by atoms with Gasteiger partial charge in [0.15, 0.2) is 0 Å². The van der Waals surface area contributed by atoms with Crippen LogP contribution in [0.4, 0.5) is 0 Å². The van der Waals surface area contributed by atoms with Gasteiger partial charge in [0.05, 0.1) is 0 Å². The molecule has 0 aromatic heterocycles. The van der Waals surface area contributed by atoms with Gasteiger partial charge in [-0.25, -0.2) is 9.59 Å². The van der Waals surface area contributed by atoms with Crippen LogP contribution >= 0.6 is 17.2 Å². The average molecular weight is 488 g/mol. The Kier molecular flexibility index (Phi) is 12.6. The van der Waals surface area contributed by atoms with E-state index in [2.05, 4.69) is 121 Å². The maximum Gasteiger partial charge on any atom is 0.328 e. The van der Waals surface area contributed by atoms with Gasteiger partial charge in [-0.05, 0) is 21.2 Å². The topological polar surface area (TPSA) is 74.6 Å². The first-order valence-corrected chi connectivity index (χ1v) is 12.4. The monoisotopic (exact) mass is 488 g/mol. The summed E-state index contributed by atoms with van der Waals surface area (Å²) in [5.41, 5.74) is 0. The predicted molar refractivity (Wildman–Crippen MR) is 145 cm³/mol. The van der Waals surface area contributed by atoms with Crippen molar-refractivity contribution in [2.75, 3.05) is 0 Å². The molecule has 0 amide bonds. The second-order valence-corrected chi connectivity index (χ2v) is 9.53. The molecule has 4 nitrogen and oxygen atoms in total. The largest absolute Gasteiger partial charge is 0.478 e. The SMILES string of the molecule is O=C(O)/C=C\C(=O)O.c1ccc(Pc2ccccc2)cc1.c1ccc(Pc2ccccc2)cc1. The van der Waals surface area contributed by atoms with Gasteiger partial charge in [-0.3, -0.25) is 0 Å². The molecule has 0 aliphatic heterocycles. The molecule has 172 valence electrons. The van der Waals surface area contributed by atoms with Crippen LogP contribution in [-0.2, 0) is 9.59 Å². The average Bonchev–Trinajstić information content (AvgIpc) is 2.86. The molecule has 0 spiro atoms. The van der Waals surface area contributed by atoms with Crippen LogP contribution in [0.3, 0.4) is 0 Å². The van der Waals surface area contributed by atoms with Crippen molar-refractivity contribution in [1.29, 1.82) is 0 Å². The van der Waals surface area contributed by atoms with Crippen LogP contribution < -0.4 is 21.2 Å². The van der Waals surface area contributed by atoms with E-state index in [1.165, 1.54) is 21.2 Å². The second kappa shape index (κ2) is 16.1. The number of hydrogen-bond donors (Lipinski definition) is 2. The summed E-state index contributed by atoms with van der Waals surface area (Å²) < 4.78 is 0. The maximum absolute atomic E-state index is 9.55. The molecule has 0 aliphatic carbocycles. The first-order valence-electron chi connectivity index (χ1n) is 10.4. The summed E-state index contributed by atoms with van der Waals surface area (Å²) >= 11 is 0. The fourth-order valence-electron chi connectivity index (χ4n) is 2.56. The molecule has 4 rings (SSSR count). The quantitative estimate of drug-likeness (QED) is 0.313. The lowest BCUT2D eigenvalue weighted by atomic mass is 10.4. The van der Waals surface area contributed by atoms with E-state index in [4.69, 9.17) is 10.2 Å². The molecule has 0 saturated carbocycles. The van der Waals surface area contributed by atoms with Crippen LogP contribution in [-0.4, -0.2) is 22.2 Å². The van der Waals surface area contributed by atoms with Gasteiger partial charge < -0.3 is 10.2 Å². The first-order chi connectivity index (χ1) is 16.5. The van der Waals surface area contributed by atoms with E-state index in [1.54, 1.807) is 0 Å². The minimum absolute atomic E-state index is 0.558. The van der Waals surface area contributed by atoms with Crippen LogP contribution in [0.15, 0.2) is 133 Å². The van der Waals surface area contributed by atoms with E-state index in [1.807, 2.05) is 0 Å². The number of carboxylic acids is 2. The van der Waals surface area contributed by atoms with Crippen molar-refractivity contribution >= 4 is 50.3 Å². The Bertz CT molecular complexity index is 966. The highest BCUT2D eigenvalue weighted by Gasteiger charge is 1.93. The van der Waals surface area contributed by atoms with E-state index < -0.39 is 11.9 Å². The highest BCUT2D eigenvalue weighted by molar-refractivity contribution is 7.55. The van der Waals surface area contributed by atoms with Crippen molar-refractivity contribution in [3.63, 3.8) is 0 Å². The highest BCUT2D eigenvalue weighted by Crippen LogP contribution is 2.09. The molecule has 0 radical (unpaired) electrons. The predicted octanol–water partition coefficient (Wildman–Crippen LogP) is 4.34. The Morgan fingerprint density at radius 2 is 0.647 bits per heavy atom. The smallest absolute Gasteiger partial charge is 0.328 e. The molecule has 6 heteroatoms. The Hall–Kier alpha value is -3.58. The molecule has 0 atom stereocenters. The molecule has 0 saturated heterocycles. The summed E-state index contributed by atoms with van der Waals surface area (Å²) in [4.78, 5) is 19.1. The summed E-state index contributed by atoms with van der Waals surface area (Å²) in [5, 5.41) is 21.2. The highest BCUT2D eigenvalue weighted by atomic mass is 31.1. The van der Waals surface area contributed by atoms with Crippen molar-refractivity contribution in [2.45, 2.75) is 0 Å². The third-order valence-electron chi connectivity index (χ3n) is 4.04.